The van der Waals surface area contributed by atoms with Gasteiger partial charge in [0.25, 0.3) is 5.91 Å². The molecule has 0 bridgehead atoms. The van der Waals surface area contributed by atoms with Crippen molar-refractivity contribution >= 4 is 21.7 Å². The van der Waals surface area contributed by atoms with E-state index in [-0.39, 0.29) is 11.5 Å². The number of sulfone groups is 1. The normalized spacial score (nSPS) is 24.2. The average Bonchev–Trinajstić information content (AvgIpc) is 2.58. The number of carbonyl (C=O) groups is 2. The van der Waals surface area contributed by atoms with Crippen molar-refractivity contribution in [2.45, 2.75) is 18.5 Å². The Bertz CT molecular complexity index is 419. The second kappa shape index (κ2) is 5.01. The molecule has 2 N–H and O–H groups in total. The average molecular weight is 264 g/mol. The van der Waals surface area contributed by atoms with Crippen molar-refractivity contribution < 1.29 is 23.1 Å². The van der Waals surface area contributed by atoms with Crippen LogP contribution in [0, 0.1) is 0 Å². The first-order valence-electron chi connectivity index (χ1n) is 5.15. The van der Waals surface area contributed by atoms with Crippen molar-refractivity contribution in [2.75, 3.05) is 25.6 Å². The van der Waals surface area contributed by atoms with Crippen LogP contribution < -0.4 is 5.32 Å². The number of carboxylic acid groups (broad SMARTS) is 1. The van der Waals surface area contributed by atoms with Crippen LogP contribution in [0.25, 0.3) is 0 Å². The maximum atomic E-state index is 11.8. The highest BCUT2D eigenvalue weighted by molar-refractivity contribution is 7.91. The molecule has 1 heterocycles. The molecule has 2 atom stereocenters. The Morgan fingerprint density at radius 1 is 1.47 bits per heavy atom. The molecule has 0 radical (unpaired) electrons. The number of amides is 1. The van der Waals surface area contributed by atoms with E-state index in [9.17, 15) is 18.0 Å². The summed E-state index contributed by atoms with van der Waals surface area (Å²) in [5.41, 5.74) is 0. The van der Waals surface area contributed by atoms with Gasteiger partial charge in [-0.3, -0.25) is 10.1 Å². The maximum absolute atomic E-state index is 11.8. The fourth-order valence-electron chi connectivity index (χ4n) is 1.82. The van der Waals surface area contributed by atoms with Crippen LogP contribution in [-0.2, 0) is 19.4 Å². The first-order valence-corrected chi connectivity index (χ1v) is 6.98. The molecule has 1 aliphatic rings. The van der Waals surface area contributed by atoms with Crippen LogP contribution in [-0.4, -0.2) is 68.0 Å². The molecule has 1 rings (SSSR count). The summed E-state index contributed by atoms with van der Waals surface area (Å²) in [5.74, 6) is -1.94. The highest BCUT2D eigenvalue weighted by Gasteiger charge is 2.36. The van der Waals surface area contributed by atoms with E-state index in [0.717, 1.165) is 0 Å². The van der Waals surface area contributed by atoms with Gasteiger partial charge in [0.15, 0.2) is 15.9 Å². The minimum absolute atomic E-state index is 0.0482. The molecule has 1 saturated heterocycles. The summed E-state index contributed by atoms with van der Waals surface area (Å²) in [6, 6.07) is -1.76. The Balaban J connectivity index is 2.74. The van der Waals surface area contributed by atoms with Gasteiger partial charge < -0.3 is 10.0 Å². The first kappa shape index (κ1) is 13.9. The van der Waals surface area contributed by atoms with Crippen LogP contribution in [0.4, 0.5) is 0 Å². The van der Waals surface area contributed by atoms with Crippen LogP contribution in [0.15, 0.2) is 0 Å². The topological polar surface area (TPSA) is 104 Å². The van der Waals surface area contributed by atoms with Crippen molar-refractivity contribution in [2.24, 2.45) is 0 Å². The van der Waals surface area contributed by atoms with Gasteiger partial charge in [-0.15, -0.1) is 0 Å². The monoisotopic (exact) mass is 264 g/mol. The van der Waals surface area contributed by atoms with Gasteiger partial charge in [0, 0.05) is 13.1 Å². The van der Waals surface area contributed by atoms with Gasteiger partial charge in [0.05, 0.1) is 11.5 Å². The van der Waals surface area contributed by atoms with Crippen LogP contribution in [0.5, 0.6) is 0 Å². The van der Waals surface area contributed by atoms with Gasteiger partial charge in [0.1, 0.15) is 0 Å². The number of hydrogen-bond donors (Lipinski definition) is 2. The number of carbonyl (C=O) groups excluding carboxylic acids is 1. The SMILES string of the molecule is CNC(C(=O)O)C(=O)N(C)C1CCS(=O)(=O)C1. The Morgan fingerprint density at radius 3 is 2.41 bits per heavy atom. The van der Waals surface area contributed by atoms with E-state index in [4.69, 9.17) is 5.11 Å². The molecule has 8 heteroatoms. The third-order valence-corrected chi connectivity index (χ3v) is 4.64. The molecule has 1 amide bonds. The van der Waals surface area contributed by atoms with Gasteiger partial charge in [0.2, 0.25) is 0 Å². The zero-order valence-electron chi connectivity index (χ0n) is 9.71. The number of nitrogens with one attached hydrogen (secondary N) is 1. The molecule has 98 valence electrons. The summed E-state index contributed by atoms with van der Waals surface area (Å²) in [7, 11) is -0.286. The summed E-state index contributed by atoms with van der Waals surface area (Å²) in [5, 5.41) is 11.2. The lowest BCUT2D eigenvalue weighted by Crippen LogP contribution is -2.51. The summed E-state index contributed by atoms with van der Waals surface area (Å²) in [6.45, 7) is 0. The molecular weight excluding hydrogens is 248 g/mol. The van der Waals surface area contributed by atoms with Crippen molar-refractivity contribution in [1.82, 2.24) is 10.2 Å². The van der Waals surface area contributed by atoms with Crippen LogP contribution >= 0.6 is 0 Å². The van der Waals surface area contributed by atoms with Crippen molar-refractivity contribution in [3.8, 4) is 0 Å². The number of likely N-dealkylation sites (N-methyl/N-ethyl adjacent to an activating group) is 2. The van der Waals surface area contributed by atoms with E-state index in [2.05, 4.69) is 5.32 Å². The highest BCUT2D eigenvalue weighted by Crippen LogP contribution is 2.17. The largest absolute Gasteiger partial charge is 0.480 e. The number of carboxylic acids is 1. The van der Waals surface area contributed by atoms with Crippen molar-refractivity contribution in [3.05, 3.63) is 0 Å². The van der Waals surface area contributed by atoms with E-state index < -0.39 is 33.8 Å². The van der Waals surface area contributed by atoms with Gasteiger partial charge in [-0.05, 0) is 13.5 Å². The molecule has 0 aromatic carbocycles. The Morgan fingerprint density at radius 2 is 2.06 bits per heavy atom. The van der Waals surface area contributed by atoms with Crippen LogP contribution in [0.3, 0.4) is 0 Å². The van der Waals surface area contributed by atoms with E-state index in [1.54, 1.807) is 0 Å². The molecule has 0 spiro atoms. The Labute approximate surface area is 99.7 Å². The summed E-state index contributed by atoms with van der Waals surface area (Å²) in [4.78, 5) is 23.8. The van der Waals surface area contributed by atoms with Crippen molar-refractivity contribution in [1.29, 1.82) is 0 Å². The molecule has 0 aromatic rings. The van der Waals surface area contributed by atoms with Crippen LogP contribution in [0.2, 0.25) is 0 Å². The second-order valence-electron chi connectivity index (χ2n) is 4.07. The van der Waals surface area contributed by atoms with E-state index in [1.807, 2.05) is 0 Å². The van der Waals surface area contributed by atoms with Gasteiger partial charge in [-0.1, -0.05) is 0 Å². The van der Waals surface area contributed by atoms with E-state index >= 15 is 0 Å². The quantitative estimate of drug-likeness (QED) is 0.587. The summed E-state index contributed by atoms with van der Waals surface area (Å²) < 4.78 is 22.5. The third kappa shape index (κ3) is 3.16. The lowest BCUT2D eigenvalue weighted by Gasteiger charge is -2.26. The molecule has 2 unspecified atom stereocenters. The molecule has 1 fully saturated rings. The highest BCUT2D eigenvalue weighted by atomic mass is 32.2. The standard InChI is InChI=1S/C9H16N2O5S/c1-10-7(9(13)14)8(12)11(2)6-3-4-17(15,16)5-6/h6-7,10H,3-5H2,1-2H3,(H,13,14). The zero-order chi connectivity index (χ0) is 13.2. The number of aliphatic carboxylic acids is 1. The Hall–Kier alpha value is -1.15. The molecule has 1 aliphatic heterocycles. The van der Waals surface area contributed by atoms with Gasteiger partial charge in [-0.2, -0.15) is 0 Å². The fourth-order valence-corrected chi connectivity index (χ4v) is 3.59. The minimum atomic E-state index is -3.09. The number of nitrogens with zero attached hydrogens (tertiary/aromatic N) is 1. The second-order valence-corrected chi connectivity index (χ2v) is 6.29. The smallest absolute Gasteiger partial charge is 0.330 e. The summed E-state index contributed by atoms with van der Waals surface area (Å²) in [6.07, 6.45) is 0.362. The van der Waals surface area contributed by atoms with E-state index in [1.165, 1.54) is 19.0 Å². The molecule has 17 heavy (non-hydrogen) atoms. The lowest BCUT2D eigenvalue weighted by molar-refractivity contribution is -0.147. The summed E-state index contributed by atoms with van der Waals surface area (Å²) >= 11 is 0. The van der Waals surface area contributed by atoms with Gasteiger partial charge in [-0.25, -0.2) is 13.2 Å². The molecule has 0 saturated carbocycles. The number of hydrogen-bond acceptors (Lipinski definition) is 5. The predicted molar refractivity (Wildman–Crippen MR) is 60.3 cm³/mol. The number of rotatable bonds is 4. The molecule has 0 aromatic heterocycles. The predicted octanol–water partition coefficient (Wildman–Crippen LogP) is -1.70. The first-order chi connectivity index (χ1) is 7.78. The van der Waals surface area contributed by atoms with Crippen LogP contribution in [0.1, 0.15) is 6.42 Å². The van der Waals surface area contributed by atoms with Crippen molar-refractivity contribution in [3.63, 3.8) is 0 Å². The fraction of sp³-hybridized carbons (Fsp3) is 0.778. The van der Waals surface area contributed by atoms with E-state index in [0.29, 0.717) is 6.42 Å². The molecular formula is C9H16N2O5S. The Kier molecular flexibility index (Phi) is 4.10. The minimum Gasteiger partial charge on any atom is -0.480 e. The third-order valence-electron chi connectivity index (χ3n) is 2.89. The van der Waals surface area contributed by atoms with Gasteiger partial charge >= 0.3 is 5.97 Å². The molecule has 7 nitrogen and oxygen atoms in total. The molecule has 0 aliphatic carbocycles. The maximum Gasteiger partial charge on any atom is 0.330 e. The zero-order valence-corrected chi connectivity index (χ0v) is 10.5. The lowest BCUT2D eigenvalue weighted by atomic mass is 10.2.